The highest BCUT2D eigenvalue weighted by molar-refractivity contribution is 6.47. The minimum absolute atomic E-state index is 0.0228. The van der Waals surface area contributed by atoms with Gasteiger partial charge in [-0.15, -0.1) is 0 Å². The molecule has 0 saturated heterocycles. The van der Waals surface area contributed by atoms with Crippen molar-refractivity contribution in [1.82, 2.24) is 0 Å². The lowest BCUT2D eigenvalue weighted by Gasteiger charge is -2.28. The maximum absolute atomic E-state index is 6.28. The number of benzene rings is 2. The molecule has 0 heterocycles. The minimum Gasteiger partial charge on any atom is -0.413 e. The summed E-state index contributed by atoms with van der Waals surface area (Å²) >= 11 is 0. The van der Waals surface area contributed by atoms with E-state index in [1.807, 2.05) is 0 Å². The monoisotopic (exact) mass is 440 g/mol. The smallest absolute Gasteiger partial charge is 0.193 e. The van der Waals surface area contributed by atoms with E-state index in [1.165, 1.54) is 21.5 Å². The summed E-state index contributed by atoms with van der Waals surface area (Å²) in [6.45, 7) is 17.6. The molecule has 0 amide bonds. The van der Waals surface area contributed by atoms with Gasteiger partial charge in [0.15, 0.2) is 19.5 Å². The SMILES string of the molecule is C=C(c1ccc([SiH2]OC(C)(CC)CC)cc1)c1ccc([SiH2]OC(C)(CC)CC)cc1. The third-order valence-electron chi connectivity index (χ3n) is 6.77. The van der Waals surface area contributed by atoms with E-state index >= 15 is 0 Å². The van der Waals surface area contributed by atoms with Crippen LogP contribution < -0.4 is 10.4 Å². The van der Waals surface area contributed by atoms with Gasteiger partial charge in [-0.25, -0.2) is 0 Å². The molecule has 0 bridgehead atoms. The first-order valence-electron chi connectivity index (χ1n) is 11.4. The van der Waals surface area contributed by atoms with E-state index in [4.69, 9.17) is 8.85 Å². The minimum atomic E-state index is -0.707. The Morgan fingerprint density at radius 1 is 0.667 bits per heavy atom. The van der Waals surface area contributed by atoms with E-state index < -0.39 is 19.5 Å². The summed E-state index contributed by atoms with van der Waals surface area (Å²) in [5, 5.41) is 2.68. The fourth-order valence-electron chi connectivity index (χ4n) is 3.19. The van der Waals surface area contributed by atoms with E-state index in [-0.39, 0.29) is 11.2 Å². The summed E-state index contributed by atoms with van der Waals surface area (Å²) in [4.78, 5) is 0. The van der Waals surface area contributed by atoms with E-state index in [2.05, 4.69) is 96.7 Å². The highest BCUT2D eigenvalue weighted by Gasteiger charge is 2.20. The van der Waals surface area contributed by atoms with Crippen LogP contribution in [0.3, 0.4) is 0 Å². The zero-order valence-electron chi connectivity index (χ0n) is 19.9. The maximum atomic E-state index is 6.28. The van der Waals surface area contributed by atoms with Crippen molar-refractivity contribution in [2.45, 2.75) is 78.4 Å². The Balaban J connectivity index is 1.98. The molecule has 0 spiro atoms. The molecule has 4 heteroatoms. The molecule has 0 aliphatic heterocycles. The first kappa shape index (κ1) is 24.8. The van der Waals surface area contributed by atoms with Crippen LogP contribution in [0.1, 0.15) is 78.4 Å². The predicted molar refractivity (Wildman–Crippen MR) is 138 cm³/mol. The van der Waals surface area contributed by atoms with Gasteiger partial charge in [-0.05, 0) is 66.6 Å². The van der Waals surface area contributed by atoms with Crippen LogP contribution >= 0.6 is 0 Å². The Bertz CT molecular complexity index is 721. The van der Waals surface area contributed by atoms with Crippen LogP contribution in [0.4, 0.5) is 0 Å². The summed E-state index contributed by atoms with van der Waals surface area (Å²) in [6, 6.07) is 17.6. The molecule has 2 nitrogen and oxygen atoms in total. The molecule has 2 aromatic carbocycles. The number of hydrogen-bond donors (Lipinski definition) is 0. The van der Waals surface area contributed by atoms with Crippen molar-refractivity contribution >= 4 is 35.5 Å². The van der Waals surface area contributed by atoms with E-state index in [0.717, 1.165) is 31.3 Å². The van der Waals surface area contributed by atoms with Gasteiger partial charge in [-0.2, -0.15) is 0 Å². The fourth-order valence-corrected chi connectivity index (χ4v) is 5.90. The molecule has 164 valence electrons. The summed E-state index contributed by atoms with van der Waals surface area (Å²) < 4.78 is 12.6. The van der Waals surface area contributed by atoms with Crippen molar-refractivity contribution in [3.05, 3.63) is 66.2 Å². The quantitative estimate of drug-likeness (QED) is 0.457. The second-order valence-corrected chi connectivity index (χ2v) is 11.6. The largest absolute Gasteiger partial charge is 0.413 e. The number of rotatable bonds is 12. The second-order valence-electron chi connectivity index (χ2n) is 8.76. The van der Waals surface area contributed by atoms with Crippen LogP contribution in [0.2, 0.25) is 0 Å². The van der Waals surface area contributed by atoms with Crippen LogP contribution in [0.25, 0.3) is 5.57 Å². The molecule has 2 rings (SSSR count). The van der Waals surface area contributed by atoms with E-state index in [0.29, 0.717) is 0 Å². The molecule has 0 radical (unpaired) electrons. The molecule has 0 aliphatic rings. The van der Waals surface area contributed by atoms with Gasteiger partial charge in [0, 0.05) is 0 Å². The Morgan fingerprint density at radius 3 is 1.23 bits per heavy atom. The van der Waals surface area contributed by atoms with Crippen molar-refractivity contribution in [2.24, 2.45) is 0 Å². The molecule has 0 N–H and O–H groups in total. The van der Waals surface area contributed by atoms with Crippen LogP contribution in [0.5, 0.6) is 0 Å². The molecule has 2 aromatic rings. The van der Waals surface area contributed by atoms with Crippen molar-refractivity contribution in [3.8, 4) is 0 Å². The molecule has 30 heavy (non-hydrogen) atoms. The third kappa shape index (κ3) is 6.77. The summed E-state index contributed by atoms with van der Waals surface area (Å²) in [7, 11) is -1.41. The second kappa shape index (κ2) is 11.2. The zero-order valence-corrected chi connectivity index (χ0v) is 22.7. The third-order valence-corrected chi connectivity index (χ3v) is 10.1. The summed E-state index contributed by atoms with van der Waals surface area (Å²) in [5.41, 5.74) is 3.46. The molecular weight excluding hydrogens is 400 g/mol. The van der Waals surface area contributed by atoms with Crippen molar-refractivity contribution < 1.29 is 8.85 Å². The Morgan fingerprint density at radius 2 is 0.967 bits per heavy atom. The molecule has 0 unspecified atom stereocenters. The fraction of sp³-hybridized carbons (Fsp3) is 0.462. The molecule has 0 aromatic heterocycles. The highest BCUT2D eigenvalue weighted by Crippen LogP contribution is 2.22. The predicted octanol–water partition coefficient (Wildman–Crippen LogP) is 4.36. The lowest BCUT2D eigenvalue weighted by molar-refractivity contribution is 0.0879. The van der Waals surface area contributed by atoms with Gasteiger partial charge in [-0.1, -0.05) is 82.8 Å². The summed E-state index contributed by atoms with van der Waals surface area (Å²) in [6.07, 6.45) is 4.24. The lowest BCUT2D eigenvalue weighted by Crippen LogP contribution is -2.33. The number of hydrogen-bond acceptors (Lipinski definition) is 2. The van der Waals surface area contributed by atoms with Crippen molar-refractivity contribution in [3.63, 3.8) is 0 Å². The molecule has 0 aliphatic carbocycles. The zero-order chi connectivity index (χ0) is 22.2. The van der Waals surface area contributed by atoms with Gasteiger partial charge < -0.3 is 8.85 Å². The van der Waals surface area contributed by atoms with Gasteiger partial charge >= 0.3 is 0 Å². The summed E-state index contributed by atoms with van der Waals surface area (Å²) in [5.74, 6) is 0. The standard InChI is InChI=1S/C26H40O2Si2/c1-8-25(6,9-2)27-29-23-16-12-21(13-17-23)20(5)22-14-18-24(19-15-22)30-28-26(7,10-3)11-4/h12-19H,5,8-11,29-30H2,1-4,6-7H3. The Kier molecular flexibility index (Phi) is 9.29. The van der Waals surface area contributed by atoms with E-state index in [1.54, 1.807) is 0 Å². The van der Waals surface area contributed by atoms with Crippen LogP contribution in [-0.2, 0) is 8.85 Å². The first-order chi connectivity index (χ1) is 14.3. The van der Waals surface area contributed by atoms with Crippen molar-refractivity contribution in [1.29, 1.82) is 0 Å². The van der Waals surface area contributed by atoms with Gasteiger partial charge in [0.25, 0.3) is 0 Å². The topological polar surface area (TPSA) is 18.5 Å². The first-order valence-corrected chi connectivity index (χ1v) is 14.0. The molecular formula is C26H40O2Si2. The van der Waals surface area contributed by atoms with Gasteiger partial charge in [-0.3, -0.25) is 0 Å². The lowest BCUT2D eigenvalue weighted by atomic mass is 10.00. The van der Waals surface area contributed by atoms with Gasteiger partial charge in [0.05, 0.1) is 11.2 Å². The molecule has 0 saturated carbocycles. The van der Waals surface area contributed by atoms with Gasteiger partial charge in [0.2, 0.25) is 0 Å². The van der Waals surface area contributed by atoms with E-state index in [9.17, 15) is 0 Å². The van der Waals surface area contributed by atoms with Crippen LogP contribution in [0.15, 0.2) is 55.1 Å². The highest BCUT2D eigenvalue weighted by atomic mass is 28.2. The van der Waals surface area contributed by atoms with Crippen molar-refractivity contribution in [2.75, 3.05) is 0 Å². The maximum Gasteiger partial charge on any atom is 0.193 e. The average Bonchev–Trinajstić information content (AvgIpc) is 2.81. The Labute approximate surface area is 189 Å². The molecule has 0 atom stereocenters. The molecule has 0 fully saturated rings. The average molecular weight is 441 g/mol. The Hall–Kier alpha value is -1.47. The van der Waals surface area contributed by atoms with Crippen LogP contribution in [-0.4, -0.2) is 30.7 Å². The van der Waals surface area contributed by atoms with Crippen LogP contribution in [0, 0.1) is 0 Å². The van der Waals surface area contributed by atoms with Gasteiger partial charge in [0.1, 0.15) is 0 Å². The normalized spacial score (nSPS) is 13.0.